The smallest absolute Gasteiger partial charge is 0.338 e. The molecule has 0 aliphatic carbocycles. The molecule has 3 heterocycles. The van der Waals surface area contributed by atoms with Crippen LogP contribution in [0.3, 0.4) is 0 Å². The summed E-state index contributed by atoms with van der Waals surface area (Å²) < 4.78 is 9.12. The van der Waals surface area contributed by atoms with Gasteiger partial charge in [0.1, 0.15) is 0 Å². The van der Waals surface area contributed by atoms with E-state index in [1.807, 2.05) is 32.2 Å². The lowest BCUT2D eigenvalue weighted by atomic mass is 9.96. The van der Waals surface area contributed by atoms with E-state index in [0.29, 0.717) is 25.6 Å². The molecule has 1 unspecified atom stereocenters. The first kappa shape index (κ1) is 21.3. The maximum atomic E-state index is 13.5. The zero-order valence-corrected chi connectivity index (χ0v) is 19.1. The molecule has 4 rings (SSSR count). The first-order chi connectivity index (χ1) is 14.8. The van der Waals surface area contributed by atoms with Gasteiger partial charge in [0.25, 0.3) is 5.56 Å². The van der Waals surface area contributed by atoms with E-state index in [4.69, 9.17) is 16.3 Å². The molecule has 1 aromatic carbocycles. The third-order valence-electron chi connectivity index (χ3n) is 5.26. The van der Waals surface area contributed by atoms with Crippen LogP contribution in [0.5, 0.6) is 0 Å². The van der Waals surface area contributed by atoms with E-state index < -0.39 is 12.0 Å². The average molecular weight is 457 g/mol. The number of hydrogen-bond donors (Lipinski definition) is 0. The van der Waals surface area contributed by atoms with Gasteiger partial charge >= 0.3 is 5.97 Å². The molecule has 0 saturated heterocycles. The second-order valence-electron chi connectivity index (χ2n) is 7.16. The van der Waals surface area contributed by atoms with Crippen molar-refractivity contribution in [1.82, 2.24) is 14.3 Å². The van der Waals surface area contributed by atoms with Crippen molar-refractivity contribution in [2.24, 2.45) is 12.0 Å². The van der Waals surface area contributed by atoms with Gasteiger partial charge in [-0.25, -0.2) is 9.79 Å². The Balaban J connectivity index is 1.97. The number of esters is 1. The van der Waals surface area contributed by atoms with Gasteiger partial charge in [-0.05, 0) is 44.5 Å². The fourth-order valence-electron chi connectivity index (χ4n) is 3.55. The van der Waals surface area contributed by atoms with E-state index in [9.17, 15) is 9.59 Å². The summed E-state index contributed by atoms with van der Waals surface area (Å²) in [7, 11) is 1.85. The number of thiazole rings is 1. The van der Waals surface area contributed by atoms with Crippen molar-refractivity contribution in [3.8, 4) is 0 Å². The highest BCUT2D eigenvalue weighted by Crippen LogP contribution is 2.31. The molecule has 2 aromatic heterocycles. The van der Waals surface area contributed by atoms with Crippen LogP contribution in [0.2, 0.25) is 5.02 Å². The average Bonchev–Trinajstić information content (AvgIpc) is 3.21. The van der Waals surface area contributed by atoms with Gasteiger partial charge in [0.2, 0.25) is 0 Å². The van der Waals surface area contributed by atoms with E-state index in [1.54, 1.807) is 41.4 Å². The maximum absolute atomic E-state index is 13.5. The van der Waals surface area contributed by atoms with Gasteiger partial charge in [-0.3, -0.25) is 14.0 Å². The monoisotopic (exact) mass is 456 g/mol. The molecule has 0 bridgehead atoms. The van der Waals surface area contributed by atoms with Crippen LogP contribution in [0.4, 0.5) is 0 Å². The standard InChI is InChI=1S/C22H21ClN4O3S/c1-5-30-21(29)18-12(2)25-22-27(19(18)14-6-8-16(23)9-7-14)20(28)17(31-22)10-15-11-24-26(4)13(15)3/h6-11,19H,5H2,1-4H3/b17-10-. The van der Waals surface area contributed by atoms with E-state index in [0.717, 1.165) is 16.8 Å². The molecule has 1 aliphatic rings. The number of allylic oxidation sites excluding steroid dienone is 1. The minimum Gasteiger partial charge on any atom is -0.463 e. The molecule has 9 heteroatoms. The summed E-state index contributed by atoms with van der Waals surface area (Å²) in [4.78, 5) is 31.4. The summed E-state index contributed by atoms with van der Waals surface area (Å²) in [6.45, 7) is 5.68. The lowest BCUT2D eigenvalue weighted by molar-refractivity contribution is -0.139. The van der Waals surface area contributed by atoms with Crippen molar-refractivity contribution >= 4 is 35.0 Å². The molecule has 1 atom stereocenters. The van der Waals surface area contributed by atoms with Crippen LogP contribution in [0, 0.1) is 6.92 Å². The van der Waals surface area contributed by atoms with Crippen molar-refractivity contribution in [1.29, 1.82) is 0 Å². The van der Waals surface area contributed by atoms with Gasteiger partial charge in [0.15, 0.2) is 4.80 Å². The van der Waals surface area contributed by atoms with Crippen molar-refractivity contribution in [3.05, 3.63) is 83.3 Å². The molecule has 0 spiro atoms. The van der Waals surface area contributed by atoms with E-state index in [-0.39, 0.29) is 12.2 Å². The highest BCUT2D eigenvalue weighted by atomic mass is 35.5. The zero-order chi connectivity index (χ0) is 22.3. The molecule has 0 radical (unpaired) electrons. The summed E-state index contributed by atoms with van der Waals surface area (Å²) in [6.07, 6.45) is 3.54. The van der Waals surface area contributed by atoms with Crippen LogP contribution in [-0.4, -0.2) is 26.9 Å². The third kappa shape index (κ3) is 3.77. The number of aromatic nitrogens is 3. The quantitative estimate of drug-likeness (QED) is 0.565. The molecular formula is C22H21ClN4O3S. The molecule has 0 saturated carbocycles. The Kier molecular flexibility index (Phi) is 5.68. The summed E-state index contributed by atoms with van der Waals surface area (Å²) in [6, 6.07) is 6.46. The van der Waals surface area contributed by atoms with Crippen molar-refractivity contribution in [2.75, 3.05) is 6.61 Å². The van der Waals surface area contributed by atoms with Gasteiger partial charge in [-0.15, -0.1) is 0 Å². The Morgan fingerprint density at radius 1 is 1.29 bits per heavy atom. The first-order valence-corrected chi connectivity index (χ1v) is 10.9. The first-order valence-electron chi connectivity index (χ1n) is 9.75. The van der Waals surface area contributed by atoms with Gasteiger partial charge in [-0.2, -0.15) is 5.10 Å². The number of benzene rings is 1. The maximum Gasteiger partial charge on any atom is 0.338 e. The second kappa shape index (κ2) is 8.28. The largest absolute Gasteiger partial charge is 0.463 e. The Morgan fingerprint density at radius 2 is 2.00 bits per heavy atom. The van der Waals surface area contributed by atoms with E-state index in [1.165, 1.54) is 11.3 Å². The van der Waals surface area contributed by atoms with Gasteiger partial charge in [0, 0.05) is 23.3 Å². The zero-order valence-electron chi connectivity index (χ0n) is 17.5. The van der Waals surface area contributed by atoms with E-state index in [2.05, 4.69) is 10.1 Å². The van der Waals surface area contributed by atoms with Crippen LogP contribution in [0.15, 0.2) is 51.5 Å². The minimum absolute atomic E-state index is 0.221. The van der Waals surface area contributed by atoms with Crippen molar-refractivity contribution in [2.45, 2.75) is 26.8 Å². The fourth-order valence-corrected chi connectivity index (χ4v) is 4.71. The van der Waals surface area contributed by atoms with Gasteiger partial charge < -0.3 is 4.74 Å². The lowest BCUT2D eigenvalue weighted by Gasteiger charge is -2.24. The summed E-state index contributed by atoms with van der Waals surface area (Å²) >= 11 is 7.36. The molecule has 0 amide bonds. The number of halogens is 1. The van der Waals surface area contributed by atoms with Crippen LogP contribution < -0.4 is 14.9 Å². The van der Waals surface area contributed by atoms with Crippen LogP contribution in [0.25, 0.3) is 6.08 Å². The Hall–Kier alpha value is -2.97. The lowest BCUT2D eigenvalue weighted by Crippen LogP contribution is -2.39. The summed E-state index contributed by atoms with van der Waals surface area (Å²) in [5.74, 6) is -0.485. The fraction of sp³-hybridized carbons (Fsp3) is 0.273. The molecule has 1 aliphatic heterocycles. The normalized spacial score (nSPS) is 16.3. The number of ether oxygens (including phenoxy) is 1. The SMILES string of the molecule is CCOC(=O)C1=C(C)N=c2s/c(=C\c3cnn(C)c3C)c(=O)n2C1c1ccc(Cl)cc1. The predicted molar refractivity (Wildman–Crippen MR) is 120 cm³/mol. The number of fused-ring (bicyclic) bond motifs is 1. The Bertz CT molecular complexity index is 1380. The van der Waals surface area contributed by atoms with E-state index >= 15 is 0 Å². The number of rotatable bonds is 4. The molecule has 7 nitrogen and oxygen atoms in total. The summed E-state index contributed by atoms with van der Waals surface area (Å²) in [5.41, 5.74) is 3.22. The molecule has 3 aromatic rings. The molecule has 31 heavy (non-hydrogen) atoms. The number of hydrogen-bond acceptors (Lipinski definition) is 6. The minimum atomic E-state index is -0.648. The summed E-state index contributed by atoms with van der Waals surface area (Å²) in [5, 5.41) is 4.81. The highest BCUT2D eigenvalue weighted by molar-refractivity contribution is 7.07. The Labute approximate surface area is 187 Å². The van der Waals surface area contributed by atoms with Gasteiger partial charge in [0.05, 0.1) is 34.6 Å². The van der Waals surface area contributed by atoms with Crippen LogP contribution in [0.1, 0.15) is 36.7 Å². The highest BCUT2D eigenvalue weighted by Gasteiger charge is 2.33. The molecule has 0 N–H and O–H groups in total. The van der Waals surface area contributed by atoms with Crippen LogP contribution >= 0.6 is 22.9 Å². The number of carbonyl (C=O) groups excluding carboxylic acids is 1. The predicted octanol–water partition coefficient (Wildman–Crippen LogP) is 2.49. The van der Waals surface area contributed by atoms with Crippen molar-refractivity contribution in [3.63, 3.8) is 0 Å². The number of aryl methyl sites for hydroxylation is 1. The topological polar surface area (TPSA) is 78.5 Å². The molecule has 0 fully saturated rings. The van der Waals surface area contributed by atoms with Gasteiger partial charge in [-0.1, -0.05) is 35.1 Å². The van der Waals surface area contributed by atoms with Crippen molar-refractivity contribution < 1.29 is 9.53 Å². The molecular weight excluding hydrogens is 436 g/mol. The van der Waals surface area contributed by atoms with Crippen LogP contribution in [-0.2, 0) is 16.6 Å². The Morgan fingerprint density at radius 3 is 2.61 bits per heavy atom. The second-order valence-corrected chi connectivity index (χ2v) is 8.61. The number of nitrogens with zero attached hydrogens (tertiary/aromatic N) is 4. The third-order valence-corrected chi connectivity index (χ3v) is 6.50. The number of carbonyl (C=O) groups is 1. The molecule has 160 valence electrons.